The van der Waals surface area contributed by atoms with Crippen molar-refractivity contribution in [1.29, 1.82) is 0 Å². The number of nitrogens with one attached hydrogen (secondary N) is 2. The number of hydrogen-bond acceptors (Lipinski definition) is 3. The van der Waals surface area contributed by atoms with Crippen molar-refractivity contribution in [1.82, 2.24) is 0 Å². The number of hydrogen-bond donors (Lipinski definition) is 2. The Morgan fingerprint density at radius 1 is 0.964 bits per heavy atom. The molecule has 2 aromatic rings. The van der Waals surface area contributed by atoms with E-state index in [2.05, 4.69) is 31.4 Å². The van der Waals surface area contributed by atoms with Crippen LogP contribution < -0.4 is 15.4 Å². The molecule has 0 atom stereocenters. The average molecular weight is 380 g/mol. The van der Waals surface area contributed by atoms with Crippen LogP contribution in [-0.2, 0) is 15.0 Å². The number of rotatable bonds is 6. The molecule has 1 aliphatic carbocycles. The maximum Gasteiger partial charge on any atom is 0.240 e. The van der Waals surface area contributed by atoms with E-state index in [1.165, 1.54) is 5.56 Å². The van der Waals surface area contributed by atoms with Gasteiger partial charge in [0.1, 0.15) is 11.2 Å². The molecular formula is C23H28N2O3. The Balaban J connectivity index is 1.69. The molecule has 0 aromatic heterocycles. The predicted molar refractivity (Wildman–Crippen MR) is 112 cm³/mol. The lowest BCUT2D eigenvalue weighted by molar-refractivity contribution is -0.131. The van der Waals surface area contributed by atoms with Crippen molar-refractivity contribution in [2.24, 2.45) is 5.41 Å². The van der Waals surface area contributed by atoms with Crippen LogP contribution in [0.15, 0.2) is 48.5 Å². The number of para-hydroxylation sites is 2. The third-order valence-electron chi connectivity index (χ3n) is 5.06. The molecule has 1 fully saturated rings. The van der Waals surface area contributed by atoms with Crippen molar-refractivity contribution in [3.8, 4) is 5.75 Å². The van der Waals surface area contributed by atoms with Gasteiger partial charge in [0, 0.05) is 5.69 Å². The van der Waals surface area contributed by atoms with Crippen LogP contribution in [0.25, 0.3) is 0 Å². The summed E-state index contributed by atoms with van der Waals surface area (Å²) in [5.74, 6) is 0.0539. The van der Waals surface area contributed by atoms with Crippen molar-refractivity contribution >= 4 is 23.2 Å². The highest BCUT2D eigenvalue weighted by molar-refractivity contribution is 6.17. The molecule has 0 heterocycles. The van der Waals surface area contributed by atoms with Crippen molar-refractivity contribution in [2.75, 3.05) is 17.2 Å². The van der Waals surface area contributed by atoms with Gasteiger partial charge in [0.05, 0.1) is 12.3 Å². The molecule has 2 amide bonds. The number of anilines is 2. The quantitative estimate of drug-likeness (QED) is 0.711. The van der Waals surface area contributed by atoms with E-state index >= 15 is 0 Å². The minimum Gasteiger partial charge on any atom is -0.492 e. The average Bonchev–Trinajstić information content (AvgIpc) is 3.45. The standard InChI is InChI=1S/C23H28N2O3/c1-5-28-19-9-7-6-8-18(19)25-21(27)23(14-15-23)20(26)24-17-12-10-16(11-13-17)22(2,3)4/h6-13H,5,14-15H2,1-4H3,(H,24,26)(H,25,27). The molecule has 0 radical (unpaired) electrons. The van der Waals surface area contributed by atoms with Gasteiger partial charge < -0.3 is 15.4 Å². The summed E-state index contributed by atoms with van der Waals surface area (Å²) in [4.78, 5) is 25.7. The second kappa shape index (κ2) is 7.66. The third-order valence-corrected chi connectivity index (χ3v) is 5.06. The van der Waals surface area contributed by atoms with E-state index in [1.807, 2.05) is 43.3 Å². The molecule has 1 aliphatic rings. The summed E-state index contributed by atoms with van der Waals surface area (Å²) in [7, 11) is 0. The minimum atomic E-state index is -1.01. The predicted octanol–water partition coefficient (Wildman–Crippen LogP) is 4.74. The zero-order chi connectivity index (χ0) is 20.4. The van der Waals surface area contributed by atoms with Crippen LogP contribution in [0.4, 0.5) is 11.4 Å². The van der Waals surface area contributed by atoms with Crippen molar-refractivity contribution in [2.45, 2.75) is 46.0 Å². The molecule has 0 aliphatic heterocycles. The zero-order valence-electron chi connectivity index (χ0n) is 17.0. The monoisotopic (exact) mass is 380 g/mol. The molecule has 5 nitrogen and oxygen atoms in total. The van der Waals surface area contributed by atoms with E-state index in [1.54, 1.807) is 12.1 Å². The van der Waals surface area contributed by atoms with Gasteiger partial charge in [0.25, 0.3) is 0 Å². The normalized spacial score (nSPS) is 14.9. The lowest BCUT2D eigenvalue weighted by Gasteiger charge is -2.20. The highest BCUT2D eigenvalue weighted by Gasteiger charge is 2.56. The van der Waals surface area contributed by atoms with Gasteiger partial charge in [-0.25, -0.2) is 0 Å². The Hall–Kier alpha value is -2.82. The molecule has 0 bridgehead atoms. The first-order valence-corrected chi connectivity index (χ1v) is 9.71. The van der Waals surface area contributed by atoms with E-state index in [9.17, 15) is 9.59 Å². The Kier molecular flexibility index (Phi) is 5.45. The molecule has 0 saturated heterocycles. The summed E-state index contributed by atoms with van der Waals surface area (Å²) in [6, 6.07) is 15.0. The fourth-order valence-corrected chi connectivity index (χ4v) is 3.08. The molecule has 2 aromatic carbocycles. The molecule has 0 unspecified atom stereocenters. The molecule has 3 rings (SSSR count). The Morgan fingerprint density at radius 3 is 2.14 bits per heavy atom. The van der Waals surface area contributed by atoms with Gasteiger partial charge in [-0.3, -0.25) is 9.59 Å². The van der Waals surface area contributed by atoms with E-state index in [4.69, 9.17) is 4.74 Å². The largest absolute Gasteiger partial charge is 0.492 e. The molecule has 148 valence electrons. The van der Waals surface area contributed by atoms with Crippen LogP contribution in [0.2, 0.25) is 0 Å². The highest BCUT2D eigenvalue weighted by Crippen LogP contribution is 2.48. The SMILES string of the molecule is CCOc1ccccc1NC(=O)C1(C(=O)Nc2ccc(C(C)(C)C)cc2)CC1. The van der Waals surface area contributed by atoms with Crippen molar-refractivity contribution < 1.29 is 14.3 Å². The first-order valence-electron chi connectivity index (χ1n) is 9.71. The van der Waals surface area contributed by atoms with Gasteiger partial charge >= 0.3 is 0 Å². The molecule has 2 N–H and O–H groups in total. The Labute approximate surface area is 166 Å². The maximum absolute atomic E-state index is 12.8. The summed E-state index contributed by atoms with van der Waals surface area (Å²) in [6.45, 7) is 8.82. The summed E-state index contributed by atoms with van der Waals surface area (Å²) < 4.78 is 5.55. The van der Waals surface area contributed by atoms with Crippen LogP contribution in [-0.4, -0.2) is 18.4 Å². The van der Waals surface area contributed by atoms with Gasteiger partial charge in [-0.15, -0.1) is 0 Å². The molecule has 5 heteroatoms. The first-order chi connectivity index (χ1) is 13.3. The van der Waals surface area contributed by atoms with Gasteiger partial charge in [-0.2, -0.15) is 0 Å². The van der Waals surface area contributed by atoms with Crippen LogP contribution in [0, 0.1) is 5.41 Å². The zero-order valence-corrected chi connectivity index (χ0v) is 17.0. The smallest absolute Gasteiger partial charge is 0.240 e. The highest BCUT2D eigenvalue weighted by atomic mass is 16.5. The molecular weight excluding hydrogens is 352 g/mol. The van der Waals surface area contributed by atoms with Crippen molar-refractivity contribution in [3.05, 3.63) is 54.1 Å². The van der Waals surface area contributed by atoms with Gasteiger partial charge in [-0.05, 0) is 55.0 Å². The summed E-state index contributed by atoms with van der Waals surface area (Å²) in [6.07, 6.45) is 1.09. The number of carbonyl (C=O) groups is 2. The van der Waals surface area contributed by atoms with E-state index < -0.39 is 5.41 Å². The fraction of sp³-hybridized carbons (Fsp3) is 0.391. The number of amides is 2. The maximum atomic E-state index is 12.8. The minimum absolute atomic E-state index is 0.0497. The molecule has 1 saturated carbocycles. The lowest BCUT2D eigenvalue weighted by Crippen LogP contribution is -2.35. The molecule has 28 heavy (non-hydrogen) atoms. The lowest BCUT2D eigenvalue weighted by atomic mass is 9.87. The number of carbonyl (C=O) groups excluding carboxylic acids is 2. The fourth-order valence-electron chi connectivity index (χ4n) is 3.08. The second-order valence-corrected chi connectivity index (χ2v) is 8.25. The second-order valence-electron chi connectivity index (χ2n) is 8.25. The number of benzene rings is 2. The van der Waals surface area contributed by atoms with E-state index in [0.29, 0.717) is 36.6 Å². The first kappa shape index (κ1) is 19.9. The van der Waals surface area contributed by atoms with E-state index in [-0.39, 0.29) is 17.2 Å². The van der Waals surface area contributed by atoms with E-state index in [0.717, 1.165) is 0 Å². The third kappa shape index (κ3) is 4.19. The molecule has 0 spiro atoms. The Bertz CT molecular complexity index is 862. The topological polar surface area (TPSA) is 67.4 Å². The van der Waals surface area contributed by atoms with Gasteiger partial charge in [0.2, 0.25) is 11.8 Å². The van der Waals surface area contributed by atoms with Gasteiger partial charge in [-0.1, -0.05) is 45.0 Å². The van der Waals surface area contributed by atoms with Crippen molar-refractivity contribution in [3.63, 3.8) is 0 Å². The number of ether oxygens (including phenoxy) is 1. The van der Waals surface area contributed by atoms with Crippen LogP contribution in [0.3, 0.4) is 0 Å². The van der Waals surface area contributed by atoms with Crippen LogP contribution >= 0.6 is 0 Å². The summed E-state index contributed by atoms with van der Waals surface area (Å²) >= 11 is 0. The summed E-state index contributed by atoms with van der Waals surface area (Å²) in [5, 5.41) is 5.77. The summed E-state index contributed by atoms with van der Waals surface area (Å²) in [5.41, 5.74) is 1.52. The van der Waals surface area contributed by atoms with Gasteiger partial charge in [0.15, 0.2) is 0 Å². The van der Waals surface area contributed by atoms with Crippen LogP contribution in [0.1, 0.15) is 46.1 Å². The van der Waals surface area contributed by atoms with Crippen LogP contribution in [0.5, 0.6) is 5.75 Å². The Morgan fingerprint density at radius 2 is 1.57 bits per heavy atom.